The van der Waals surface area contributed by atoms with Crippen molar-refractivity contribution in [3.05, 3.63) is 28.0 Å². The zero-order chi connectivity index (χ0) is 13.3. The first-order valence-electron chi connectivity index (χ1n) is 5.99. The standard InChI is InChI=1S/C13H16BrFN2O/c1-7-5-10(14)11(15)6-12(7)17-13(18)9-3-4-16-8(9)2/h5-6,8-9,16H,3-4H2,1-2H3,(H,17,18). The lowest BCUT2D eigenvalue weighted by molar-refractivity contribution is -0.120. The Kier molecular flexibility index (Phi) is 4.02. The summed E-state index contributed by atoms with van der Waals surface area (Å²) in [4.78, 5) is 12.1. The summed E-state index contributed by atoms with van der Waals surface area (Å²) >= 11 is 3.12. The highest BCUT2D eigenvalue weighted by Crippen LogP contribution is 2.25. The molecule has 1 saturated heterocycles. The van der Waals surface area contributed by atoms with Gasteiger partial charge in [-0.2, -0.15) is 0 Å². The number of aryl methyl sites for hydroxylation is 1. The van der Waals surface area contributed by atoms with E-state index in [1.54, 1.807) is 6.07 Å². The van der Waals surface area contributed by atoms with Crippen molar-refractivity contribution in [1.82, 2.24) is 5.32 Å². The number of benzene rings is 1. The van der Waals surface area contributed by atoms with Crippen molar-refractivity contribution in [2.24, 2.45) is 5.92 Å². The van der Waals surface area contributed by atoms with Gasteiger partial charge in [-0.05, 0) is 60.4 Å². The molecule has 0 spiro atoms. The molecular weight excluding hydrogens is 299 g/mol. The summed E-state index contributed by atoms with van der Waals surface area (Å²) in [6, 6.07) is 3.19. The van der Waals surface area contributed by atoms with Gasteiger partial charge in [0.2, 0.25) is 5.91 Å². The van der Waals surface area contributed by atoms with E-state index in [0.29, 0.717) is 10.2 Å². The van der Waals surface area contributed by atoms with E-state index >= 15 is 0 Å². The number of nitrogens with one attached hydrogen (secondary N) is 2. The first-order valence-corrected chi connectivity index (χ1v) is 6.78. The van der Waals surface area contributed by atoms with Crippen LogP contribution in [-0.4, -0.2) is 18.5 Å². The normalized spacial score (nSPS) is 23.1. The molecule has 2 atom stereocenters. The Balaban J connectivity index is 2.14. The van der Waals surface area contributed by atoms with E-state index in [4.69, 9.17) is 0 Å². The molecule has 3 nitrogen and oxygen atoms in total. The van der Waals surface area contributed by atoms with Crippen LogP contribution in [0.5, 0.6) is 0 Å². The van der Waals surface area contributed by atoms with Crippen LogP contribution in [0, 0.1) is 18.7 Å². The van der Waals surface area contributed by atoms with Gasteiger partial charge in [-0.1, -0.05) is 0 Å². The molecular formula is C13H16BrFN2O. The molecule has 1 aliphatic heterocycles. The fraction of sp³-hybridized carbons (Fsp3) is 0.462. The molecule has 1 aromatic rings. The summed E-state index contributed by atoms with van der Waals surface area (Å²) in [7, 11) is 0. The molecule has 2 N–H and O–H groups in total. The fourth-order valence-corrected chi connectivity index (χ4v) is 2.68. The minimum Gasteiger partial charge on any atom is -0.325 e. The Bertz CT molecular complexity index is 478. The van der Waals surface area contributed by atoms with E-state index < -0.39 is 0 Å². The third kappa shape index (κ3) is 2.72. The maximum absolute atomic E-state index is 13.5. The summed E-state index contributed by atoms with van der Waals surface area (Å²) in [6.07, 6.45) is 0.824. The van der Waals surface area contributed by atoms with Crippen LogP contribution >= 0.6 is 15.9 Å². The maximum atomic E-state index is 13.5. The molecule has 0 bridgehead atoms. The zero-order valence-corrected chi connectivity index (χ0v) is 12.0. The van der Waals surface area contributed by atoms with Crippen LogP contribution in [-0.2, 0) is 4.79 Å². The van der Waals surface area contributed by atoms with Gasteiger partial charge < -0.3 is 10.6 Å². The first kappa shape index (κ1) is 13.5. The van der Waals surface area contributed by atoms with Gasteiger partial charge in [0.25, 0.3) is 0 Å². The van der Waals surface area contributed by atoms with E-state index in [-0.39, 0.29) is 23.7 Å². The van der Waals surface area contributed by atoms with Gasteiger partial charge in [0, 0.05) is 11.7 Å². The second kappa shape index (κ2) is 5.36. The third-order valence-electron chi connectivity index (χ3n) is 3.39. The van der Waals surface area contributed by atoms with Crippen molar-refractivity contribution in [3.63, 3.8) is 0 Å². The molecule has 0 aromatic heterocycles. The minimum absolute atomic E-state index is 0.0441. The largest absolute Gasteiger partial charge is 0.325 e. The predicted molar refractivity (Wildman–Crippen MR) is 73.0 cm³/mol. The van der Waals surface area contributed by atoms with Crippen LogP contribution in [0.3, 0.4) is 0 Å². The number of hydrogen-bond donors (Lipinski definition) is 2. The topological polar surface area (TPSA) is 41.1 Å². The van der Waals surface area contributed by atoms with Crippen LogP contribution in [0.2, 0.25) is 0 Å². The molecule has 5 heteroatoms. The number of rotatable bonds is 2. The van der Waals surface area contributed by atoms with Gasteiger partial charge in [-0.3, -0.25) is 4.79 Å². The highest BCUT2D eigenvalue weighted by molar-refractivity contribution is 9.10. The molecule has 18 heavy (non-hydrogen) atoms. The Morgan fingerprint density at radius 1 is 1.56 bits per heavy atom. The van der Waals surface area contributed by atoms with Gasteiger partial charge >= 0.3 is 0 Å². The third-order valence-corrected chi connectivity index (χ3v) is 3.99. The van der Waals surface area contributed by atoms with Crippen LogP contribution in [0.4, 0.5) is 10.1 Å². The number of carbonyl (C=O) groups excluding carboxylic acids is 1. The van der Waals surface area contributed by atoms with E-state index in [1.807, 2.05) is 13.8 Å². The average molecular weight is 315 g/mol. The molecule has 1 aliphatic rings. The Hall–Kier alpha value is -0.940. The van der Waals surface area contributed by atoms with Crippen molar-refractivity contribution in [1.29, 1.82) is 0 Å². The molecule has 0 radical (unpaired) electrons. The summed E-state index contributed by atoms with van der Waals surface area (Å²) in [6.45, 7) is 4.69. The molecule has 0 aliphatic carbocycles. The first-order chi connectivity index (χ1) is 8.49. The Morgan fingerprint density at radius 3 is 2.89 bits per heavy atom. The molecule has 1 aromatic carbocycles. The van der Waals surface area contributed by atoms with Gasteiger partial charge in [0.05, 0.1) is 10.4 Å². The lowest BCUT2D eigenvalue weighted by atomic mass is 10.0. The van der Waals surface area contributed by atoms with Crippen molar-refractivity contribution < 1.29 is 9.18 Å². The van der Waals surface area contributed by atoms with Crippen molar-refractivity contribution >= 4 is 27.5 Å². The summed E-state index contributed by atoms with van der Waals surface area (Å²) in [5.41, 5.74) is 1.38. The smallest absolute Gasteiger partial charge is 0.229 e. The van der Waals surface area contributed by atoms with Gasteiger partial charge in [0.15, 0.2) is 0 Å². The highest BCUT2D eigenvalue weighted by Gasteiger charge is 2.29. The lowest BCUT2D eigenvalue weighted by Crippen LogP contribution is -2.32. The number of halogens is 2. The summed E-state index contributed by atoms with van der Waals surface area (Å²) < 4.78 is 13.9. The monoisotopic (exact) mass is 314 g/mol. The number of hydrogen-bond acceptors (Lipinski definition) is 2. The lowest BCUT2D eigenvalue weighted by Gasteiger charge is -2.16. The second-order valence-electron chi connectivity index (χ2n) is 4.71. The molecule has 1 fully saturated rings. The van der Waals surface area contributed by atoms with Crippen LogP contribution in [0.15, 0.2) is 16.6 Å². The van der Waals surface area contributed by atoms with Crippen molar-refractivity contribution in [3.8, 4) is 0 Å². The Labute approximate surface area is 114 Å². The predicted octanol–water partition coefficient (Wildman–Crippen LogP) is 2.83. The number of carbonyl (C=O) groups is 1. The Morgan fingerprint density at radius 2 is 2.28 bits per heavy atom. The van der Waals surface area contributed by atoms with Crippen LogP contribution in [0.25, 0.3) is 0 Å². The maximum Gasteiger partial charge on any atom is 0.229 e. The molecule has 0 saturated carbocycles. The van der Waals surface area contributed by atoms with E-state index in [2.05, 4.69) is 26.6 Å². The van der Waals surface area contributed by atoms with Crippen LogP contribution < -0.4 is 10.6 Å². The highest BCUT2D eigenvalue weighted by atomic mass is 79.9. The minimum atomic E-state index is -0.367. The zero-order valence-electron chi connectivity index (χ0n) is 10.4. The van der Waals surface area contributed by atoms with Gasteiger partial charge in [-0.25, -0.2) is 4.39 Å². The molecule has 2 rings (SSSR count). The van der Waals surface area contributed by atoms with Crippen molar-refractivity contribution in [2.45, 2.75) is 26.3 Å². The molecule has 2 unspecified atom stereocenters. The van der Waals surface area contributed by atoms with Crippen molar-refractivity contribution in [2.75, 3.05) is 11.9 Å². The summed E-state index contributed by atoms with van der Waals surface area (Å²) in [5, 5.41) is 6.04. The van der Waals surface area contributed by atoms with Gasteiger partial charge in [0.1, 0.15) is 5.82 Å². The SMILES string of the molecule is Cc1cc(Br)c(F)cc1NC(=O)C1CCNC1C. The number of amides is 1. The molecule has 98 valence electrons. The second-order valence-corrected chi connectivity index (χ2v) is 5.56. The van der Waals surface area contributed by atoms with E-state index in [0.717, 1.165) is 18.5 Å². The molecule has 1 heterocycles. The quantitative estimate of drug-likeness (QED) is 0.881. The number of anilines is 1. The summed E-state index contributed by atoms with van der Waals surface area (Å²) in [5.74, 6) is -0.457. The van der Waals surface area contributed by atoms with E-state index in [9.17, 15) is 9.18 Å². The average Bonchev–Trinajstić information content (AvgIpc) is 2.72. The van der Waals surface area contributed by atoms with Gasteiger partial charge in [-0.15, -0.1) is 0 Å². The fourth-order valence-electron chi connectivity index (χ4n) is 2.22. The van der Waals surface area contributed by atoms with E-state index in [1.165, 1.54) is 6.07 Å². The van der Waals surface area contributed by atoms with Crippen LogP contribution in [0.1, 0.15) is 18.9 Å². The molecule has 1 amide bonds.